The second-order valence-corrected chi connectivity index (χ2v) is 7.78. The first-order chi connectivity index (χ1) is 12.6. The Morgan fingerprint density at radius 2 is 1.74 bits per heavy atom. The fourth-order valence-electron chi connectivity index (χ4n) is 2.85. The number of aromatic nitrogens is 3. The average Bonchev–Trinajstić information content (AvgIpc) is 2.89. The monoisotopic (exact) mass is 388 g/mol. The van der Waals surface area contributed by atoms with Gasteiger partial charge in [0.2, 0.25) is 0 Å². The first kappa shape index (κ1) is 18.5. The van der Waals surface area contributed by atoms with Gasteiger partial charge in [-0.05, 0) is 38.5 Å². The lowest BCUT2D eigenvalue weighted by Gasteiger charge is -2.06. The quantitative estimate of drug-likeness (QED) is 0.499. The Hall–Kier alpha value is -3.27. The summed E-state index contributed by atoms with van der Waals surface area (Å²) in [5.74, 6) is -0.0990. The predicted octanol–water partition coefficient (Wildman–Crippen LogP) is 2.10. The third-order valence-electron chi connectivity index (χ3n) is 4.05. The van der Waals surface area contributed by atoms with Crippen LogP contribution in [0.4, 0.5) is 5.69 Å². The van der Waals surface area contributed by atoms with E-state index in [1.54, 1.807) is 19.1 Å². The molecule has 140 valence electrons. The number of nitrogens with zero attached hydrogens (tertiary/aromatic N) is 4. The lowest BCUT2D eigenvalue weighted by atomic mass is 10.1. The number of nitro benzene ring substituents is 1. The summed E-state index contributed by atoms with van der Waals surface area (Å²) in [6, 6.07) is 10.2. The molecule has 0 aliphatic carbocycles. The van der Waals surface area contributed by atoms with E-state index >= 15 is 0 Å². The van der Waals surface area contributed by atoms with Gasteiger partial charge in [0.25, 0.3) is 15.7 Å². The van der Waals surface area contributed by atoms with E-state index in [1.807, 2.05) is 13.0 Å². The predicted molar refractivity (Wildman–Crippen MR) is 97.7 cm³/mol. The van der Waals surface area contributed by atoms with E-state index in [-0.39, 0.29) is 5.82 Å². The first-order valence-electron chi connectivity index (χ1n) is 7.90. The van der Waals surface area contributed by atoms with Crippen LogP contribution >= 0.6 is 0 Å². The standard InChI is InChI=1S/C17H16N4O5S/c1-11-8-9-14(12(2)10-11)19-17(22)20(13(3)18-19)27(25,26)16-7-5-4-6-15(16)21(23)24/h4-10H,1-3H3. The lowest BCUT2D eigenvalue weighted by Crippen LogP contribution is -2.30. The van der Waals surface area contributed by atoms with E-state index in [2.05, 4.69) is 5.10 Å². The van der Waals surface area contributed by atoms with Crippen molar-refractivity contribution in [3.63, 3.8) is 0 Å². The molecule has 2 aromatic carbocycles. The molecule has 0 bridgehead atoms. The van der Waals surface area contributed by atoms with Crippen molar-refractivity contribution in [2.24, 2.45) is 0 Å². The number of nitro groups is 1. The van der Waals surface area contributed by atoms with Gasteiger partial charge in [-0.25, -0.2) is 13.2 Å². The zero-order chi connectivity index (χ0) is 19.9. The normalized spacial score (nSPS) is 11.5. The zero-order valence-electron chi connectivity index (χ0n) is 14.8. The highest BCUT2D eigenvalue weighted by Gasteiger charge is 2.31. The molecule has 1 aromatic heterocycles. The third-order valence-corrected chi connectivity index (χ3v) is 5.86. The maximum atomic E-state index is 13.0. The van der Waals surface area contributed by atoms with Gasteiger partial charge in [-0.15, -0.1) is 5.10 Å². The molecule has 3 aromatic rings. The number of benzene rings is 2. The fourth-order valence-corrected chi connectivity index (χ4v) is 4.38. The van der Waals surface area contributed by atoms with Gasteiger partial charge in [-0.1, -0.05) is 29.8 Å². The molecule has 9 nitrogen and oxygen atoms in total. The molecule has 0 fully saturated rings. The maximum absolute atomic E-state index is 13.0. The number of aryl methyl sites for hydroxylation is 3. The minimum atomic E-state index is -4.51. The molecule has 1 heterocycles. The van der Waals surface area contributed by atoms with E-state index in [4.69, 9.17) is 0 Å². The zero-order valence-corrected chi connectivity index (χ0v) is 15.6. The molecule has 0 saturated heterocycles. The summed E-state index contributed by atoms with van der Waals surface area (Å²) in [6.45, 7) is 5.02. The number of hydrogen-bond donors (Lipinski definition) is 0. The highest BCUT2D eigenvalue weighted by molar-refractivity contribution is 7.90. The van der Waals surface area contributed by atoms with Gasteiger partial charge in [0.15, 0.2) is 4.90 Å². The average molecular weight is 388 g/mol. The van der Waals surface area contributed by atoms with Crippen LogP contribution in [0.25, 0.3) is 5.69 Å². The number of rotatable bonds is 4. The molecule has 0 radical (unpaired) electrons. The molecule has 3 rings (SSSR count). The van der Waals surface area contributed by atoms with Gasteiger partial charge in [-0.3, -0.25) is 10.1 Å². The molecule has 0 unspecified atom stereocenters. The minimum absolute atomic E-state index is 0.0990. The van der Waals surface area contributed by atoms with Gasteiger partial charge in [0, 0.05) is 6.07 Å². The Labute approximate surface area is 154 Å². The number of hydrogen-bond acceptors (Lipinski definition) is 6. The molecular formula is C17H16N4O5S. The topological polar surface area (TPSA) is 117 Å². The van der Waals surface area contributed by atoms with Crippen molar-refractivity contribution in [3.05, 3.63) is 80.0 Å². The van der Waals surface area contributed by atoms with E-state index in [0.717, 1.165) is 27.9 Å². The highest BCUT2D eigenvalue weighted by atomic mass is 32.2. The summed E-state index contributed by atoms with van der Waals surface area (Å²) in [5, 5.41) is 15.3. The van der Waals surface area contributed by atoms with E-state index < -0.39 is 31.2 Å². The van der Waals surface area contributed by atoms with Gasteiger partial charge in [0.1, 0.15) is 5.82 Å². The van der Waals surface area contributed by atoms with Crippen LogP contribution < -0.4 is 5.69 Å². The van der Waals surface area contributed by atoms with Crippen LogP contribution in [0.2, 0.25) is 0 Å². The molecular weight excluding hydrogens is 372 g/mol. The molecule has 27 heavy (non-hydrogen) atoms. The molecule has 10 heteroatoms. The second-order valence-electron chi connectivity index (χ2n) is 6.03. The smallest absolute Gasteiger partial charge is 0.258 e. The van der Waals surface area contributed by atoms with Crippen LogP contribution in [-0.2, 0) is 10.0 Å². The molecule has 0 spiro atoms. The molecule has 0 amide bonds. The van der Waals surface area contributed by atoms with Crippen LogP contribution in [0.1, 0.15) is 17.0 Å². The van der Waals surface area contributed by atoms with Crippen molar-refractivity contribution in [3.8, 4) is 5.69 Å². The lowest BCUT2D eigenvalue weighted by molar-refractivity contribution is -0.387. The Morgan fingerprint density at radius 1 is 1.07 bits per heavy atom. The van der Waals surface area contributed by atoms with Gasteiger partial charge in [-0.2, -0.15) is 8.65 Å². The molecule has 0 atom stereocenters. The minimum Gasteiger partial charge on any atom is -0.258 e. The summed E-state index contributed by atoms with van der Waals surface area (Å²) in [5.41, 5.74) is 0.628. The van der Waals surface area contributed by atoms with Gasteiger partial charge >= 0.3 is 5.69 Å². The maximum Gasteiger partial charge on any atom is 0.365 e. The molecule has 0 N–H and O–H groups in total. The molecule has 0 saturated carbocycles. The van der Waals surface area contributed by atoms with Crippen LogP contribution in [0.3, 0.4) is 0 Å². The number of para-hydroxylation sites is 1. The van der Waals surface area contributed by atoms with E-state index in [0.29, 0.717) is 9.66 Å². The van der Waals surface area contributed by atoms with Gasteiger partial charge in [0.05, 0.1) is 10.6 Å². The first-order valence-corrected chi connectivity index (χ1v) is 9.34. The molecule has 0 aliphatic rings. The summed E-state index contributed by atoms with van der Waals surface area (Å²) in [7, 11) is -4.51. The largest absolute Gasteiger partial charge is 0.365 e. The van der Waals surface area contributed by atoms with Crippen molar-refractivity contribution < 1.29 is 13.3 Å². The second kappa shape index (κ2) is 6.47. The fraction of sp³-hybridized carbons (Fsp3) is 0.176. The summed E-state index contributed by atoms with van der Waals surface area (Å²) in [4.78, 5) is 22.7. The van der Waals surface area contributed by atoms with Gasteiger partial charge < -0.3 is 0 Å². The van der Waals surface area contributed by atoms with Crippen LogP contribution in [0, 0.1) is 30.9 Å². The summed E-state index contributed by atoms with van der Waals surface area (Å²) >= 11 is 0. The Balaban J connectivity index is 2.27. The van der Waals surface area contributed by atoms with Crippen molar-refractivity contribution in [2.75, 3.05) is 0 Å². The Morgan fingerprint density at radius 3 is 2.37 bits per heavy atom. The van der Waals surface area contributed by atoms with Crippen LogP contribution in [0.15, 0.2) is 52.2 Å². The van der Waals surface area contributed by atoms with Crippen molar-refractivity contribution >= 4 is 15.7 Å². The van der Waals surface area contributed by atoms with Crippen molar-refractivity contribution in [1.82, 2.24) is 13.8 Å². The van der Waals surface area contributed by atoms with E-state index in [9.17, 15) is 23.3 Å². The summed E-state index contributed by atoms with van der Waals surface area (Å²) in [6.07, 6.45) is 0. The van der Waals surface area contributed by atoms with Crippen LogP contribution in [0.5, 0.6) is 0 Å². The van der Waals surface area contributed by atoms with E-state index in [1.165, 1.54) is 19.1 Å². The third kappa shape index (κ3) is 3.04. The molecule has 0 aliphatic heterocycles. The highest BCUT2D eigenvalue weighted by Crippen LogP contribution is 2.25. The SMILES string of the molecule is Cc1ccc(-n2nc(C)n(S(=O)(=O)c3ccccc3[N+](=O)[O-])c2=O)c(C)c1. The van der Waals surface area contributed by atoms with Crippen molar-refractivity contribution in [1.29, 1.82) is 0 Å². The van der Waals surface area contributed by atoms with Crippen molar-refractivity contribution in [2.45, 2.75) is 25.7 Å². The van der Waals surface area contributed by atoms with Crippen LogP contribution in [-0.4, -0.2) is 27.1 Å². The Kier molecular flexibility index (Phi) is 4.44. The Bertz CT molecular complexity index is 1220. The summed E-state index contributed by atoms with van der Waals surface area (Å²) < 4.78 is 27.4.